The minimum Gasteiger partial charge on any atom is -0.367 e. The lowest BCUT2D eigenvalue weighted by molar-refractivity contribution is 0.0951. The third kappa shape index (κ3) is 3.21. The Labute approximate surface area is 124 Å². The normalized spacial score (nSPS) is 17.7. The van der Waals surface area contributed by atoms with E-state index in [0.717, 1.165) is 13.0 Å². The highest BCUT2D eigenvalue weighted by Gasteiger charge is 2.24. The number of nitrogens with one attached hydrogen (secondary N) is 1. The highest BCUT2D eigenvalue weighted by atomic mass is 16.1. The third-order valence-corrected chi connectivity index (χ3v) is 3.91. The molecule has 1 aromatic carbocycles. The molecule has 1 aliphatic rings. The van der Waals surface area contributed by atoms with Crippen LogP contribution >= 0.6 is 0 Å². The molecule has 108 valence electrons. The molecular formula is C17H19N3O. The van der Waals surface area contributed by atoms with Crippen LogP contribution in [0.25, 0.3) is 0 Å². The number of aromatic nitrogens is 1. The Balaban J connectivity index is 1.61. The molecule has 4 heteroatoms. The molecular weight excluding hydrogens is 262 g/mol. The van der Waals surface area contributed by atoms with Crippen molar-refractivity contribution in [3.05, 3.63) is 60.4 Å². The average molecular weight is 281 g/mol. The van der Waals surface area contributed by atoms with E-state index in [1.807, 2.05) is 6.07 Å². The largest absolute Gasteiger partial charge is 0.367 e. The van der Waals surface area contributed by atoms with Gasteiger partial charge in [-0.1, -0.05) is 18.2 Å². The predicted molar refractivity (Wildman–Crippen MR) is 83.4 cm³/mol. The maximum Gasteiger partial charge on any atom is 0.251 e. The number of rotatable bonds is 4. The van der Waals surface area contributed by atoms with Gasteiger partial charge in [0.05, 0.1) is 0 Å². The van der Waals surface area contributed by atoms with Crippen molar-refractivity contribution in [2.45, 2.75) is 18.9 Å². The second-order valence-corrected chi connectivity index (χ2v) is 5.27. The van der Waals surface area contributed by atoms with Crippen molar-refractivity contribution in [3.63, 3.8) is 0 Å². The Morgan fingerprint density at radius 2 is 1.95 bits per heavy atom. The maximum absolute atomic E-state index is 12.1. The van der Waals surface area contributed by atoms with Crippen LogP contribution in [0.15, 0.2) is 54.9 Å². The van der Waals surface area contributed by atoms with Crippen molar-refractivity contribution in [3.8, 4) is 0 Å². The van der Waals surface area contributed by atoms with Crippen LogP contribution < -0.4 is 10.2 Å². The molecule has 1 atom stereocenters. The molecule has 1 aliphatic heterocycles. The van der Waals surface area contributed by atoms with Gasteiger partial charge in [-0.05, 0) is 37.1 Å². The summed E-state index contributed by atoms with van der Waals surface area (Å²) >= 11 is 0. The highest BCUT2D eigenvalue weighted by Crippen LogP contribution is 2.24. The zero-order valence-corrected chi connectivity index (χ0v) is 11.9. The number of para-hydroxylation sites is 1. The van der Waals surface area contributed by atoms with E-state index in [1.165, 1.54) is 12.1 Å². The van der Waals surface area contributed by atoms with Gasteiger partial charge in [-0.3, -0.25) is 9.78 Å². The highest BCUT2D eigenvalue weighted by molar-refractivity contribution is 5.94. The van der Waals surface area contributed by atoms with E-state index < -0.39 is 0 Å². The first-order valence-corrected chi connectivity index (χ1v) is 7.34. The molecule has 0 saturated carbocycles. The maximum atomic E-state index is 12.1. The number of amides is 1. The fourth-order valence-electron chi connectivity index (χ4n) is 2.82. The van der Waals surface area contributed by atoms with Crippen LogP contribution in [0.2, 0.25) is 0 Å². The van der Waals surface area contributed by atoms with Crippen LogP contribution in [0.5, 0.6) is 0 Å². The molecule has 0 bridgehead atoms. The van der Waals surface area contributed by atoms with Crippen molar-refractivity contribution in [1.82, 2.24) is 10.3 Å². The summed E-state index contributed by atoms with van der Waals surface area (Å²) in [6.45, 7) is 1.73. The summed E-state index contributed by atoms with van der Waals surface area (Å²) < 4.78 is 0. The zero-order chi connectivity index (χ0) is 14.5. The van der Waals surface area contributed by atoms with Crippen molar-refractivity contribution in [2.24, 2.45) is 0 Å². The van der Waals surface area contributed by atoms with Gasteiger partial charge in [0, 0.05) is 42.8 Å². The van der Waals surface area contributed by atoms with Crippen LogP contribution in [0.1, 0.15) is 23.2 Å². The molecule has 1 N–H and O–H groups in total. The van der Waals surface area contributed by atoms with E-state index in [-0.39, 0.29) is 5.91 Å². The van der Waals surface area contributed by atoms with Crippen molar-refractivity contribution >= 4 is 11.6 Å². The molecule has 2 aromatic rings. The predicted octanol–water partition coefficient (Wildman–Crippen LogP) is 2.48. The Morgan fingerprint density at radius 3 is 2.71 bits per heavy atom. The molecule has 1 aromatic heterocycles. The molecule has 1 saturated heterocycles. The Kier molecular flexibility index (Phi) is 4.15. The van der Waals surface area contributed by atoms with E-state index in [4.69, 9.17) is 0 Å². The number of hydrogen-bond acceptors (Lipinski definition) is 3. The van der Waals surface area contributed by atoms with E-state index >= 15 is 0 Å². The fraction of sp³-hybridized carbons (Fsp3) is 0.294. The molecule has 0 unspecified atom stereocenters. The van der Waals surface area contributed by atoms with Crippen LogP contribution in [0, 0.1) is 0 Å². The number of pyridine rings is 1. The zero-order valence-electron chi connectivity index (χ0n) is 11.9. The molecule has 1 fully saturated rings. The van der Waals surface area contributed by atoms with Crippen LogP contribution in [-0.4, -0.2) is 30.0 Å². The smallest absolute Gasteiger partial charge is 0.251 e. The van der Waals surface area contributed by atoms with E-state index in [9.17, 15) is 4.79 Å². The van der Waals surface area contributed by atoms with Gasteiger partial charge in [0.25, 0.3) is 5.91 Å². The molecule has 4 nitrogen and oxygen atoms in total. The number of carbonyl (C=O) groups excluding carboxylic acids is 1. The second kappa shape index (κ2) is 6.39. The summed E-state index contributed by atoms with van der Waals surface area (Å²) in [5.74, 6) is -0.0303. The van der Waals surface area contributed by atoms with Crippen molar-refractivity contribution in [1.29, 1.82) is 0 Å². The van der Waals surface area contributed by atoms with Crippen LogP contribution in [0.3, 0.4) is 0 Å². The van der Waals surface area contributed by atoms with Gasteiger partial charge >= 0.3 is 0 Å². The summed E-state index contributed by atoms with van der Waals surface area (Å²) in [4.78, 5) is 18.4. The lowest BCUT2D eigenvalue weighted by Crippen LogP contribution is -2.40. The standard InChI is InChI=1S/C17H19N3O/c21-17(14-8-10-18-11-9-14)19-13-16-7-4-12-20(16)15-5-2-1-3-6-15/h1-3,5-6,8-11,16H,4,7,12-13H2,(H,19,21)/t16-/m1/s1. The molecule has 0 aliphatic carbocycles. The topological polar surface area (TPSA) is 45.2 Å². The lowest BCUT2D eigenvalue weighted by atomic mass is 10.2. The third-order valence-electron chi connectivity index (χ3n) is 3.91. The van der Waals surface area contributed by atoms with Gasteiger partial charge in [-0.2, -0.15) is 0 Å². The minimum atomic E-state index is -0.0303. The molecule has 0 spiro atoms. The van der Waals surface area contributed by atoms with Crippen LogP contribution in [-0.2, 0) is 0 Å². The fourth-order valence-corrected chi connectivity index (χ4v) is 2.82. The lowest BCUT2D eigenvalue weighted by Gasteiger charge is -2.27. The minimum absolute atomic E-state index is 0.0303. The number of hydrogen-bond donors (Lipinski definition) is 1. The Bertz CT molecular complexity index is 585. The second-order valence-electron chi connectivity index (χ2n) is 5.27. The first-order valence-electron chi connectivity index (χ1n) is 7.34. The number of nitrogens with zero attached hydrogens (tertiary/aromatic N) is 2. The van der Waals surface area contributed by atoms with Gasteiger partial charge < -0.3 is 10.2 Å². The summed E-state index contributed by atoms with van der Waals surface area (Å²) in [6.07, 6.45) is 5.57. The van der Waals surface area contributed by atoms with E-state index in [2.05, 4.69) is 39.5 Å². The first kappa shape index (κ1) is 13.6. The van der Waals surface area contributed by atoms with Gasteiger partial charge in [-0.15, -0.1) is 0 Å². The van der Waals surface area contributed by atoms with E-state index in [0.29, 0.717) is 18.2 Å². The Morgan fingerprint density at radius 1 is 1.19 bits per heavy atom. The van der Waals surface area contributed by atoms with Gasteiger partial charge in [0.15, 0.2) is 0 Å². The summed E-state index contributed by atoms with van der Waals surface area (Å²) in [7, 11) is 0. The summed E-state index contributed by atoms with van der Waals surface area (Å²) in [5, 5.41) is 3.03. The van der Waals surface area contributed by atoms with Gasteiger partial charge in [-0.25, -0.2) is 0 Å². The van der Waals surface area contributed by atoms with Gasteiger partial charge in [0.1, 0.15) is 0 Å². The SMILES string of the molecule is O=C(NC[C@H]1CCCN1c1ccccc1)c1ccncc1. The number of anilines is 1. The number of carbonyl (C=O) groups is 1. The average Bonchev–Trinajstić information content (AvgIpc) is 3.03. The van der Waals surface area contributed by atoms with Gasteiger partial charge in [0.2, 0.25) is 0 Å². The summed E-state index contributed by atoms with van der Waals surface area (Å²) in [5.41, 5.74) is 1.90. The molecule has 2 heterocycles. The van der Waals surface area contributed by atoms with Crippen molar-refractivity contribution < 1.29 is 4.79 Å². The number of benzene rings is 1. The molecule has 1 amide bonds. The quantitative estimate of drug-likeness (QED) is 0.936. The first-order chi connectivity index (χ1) is 10.3. The monoisotopic (exact) mass is 281 g/mol. The summed E-state index contributed by atoms with van der Waals surface area (Å²) in [6, 6.07) is 14.2. The van der Waals surface area contributed by atoms with Crippen molar-refractivity contribution in [2.75, 3.05) is 18.0 Å². The van der Waals surface area contributed by atoms with E-state index in [1.54, 1.807) is 24.5 Å². The Hall–Kier alpha value is -2.36. The molecule has 21 heavy (non-hydrogen) atoms. The molecule has 0 radical (unpaired) electrons. The molecule has 3 rings (SSSR count). The van der Waals surface area contributed by atoms with Crippen LogP contribution in [0.4, 0.5) is 5.69 Å².